The third-order valence-corrected chi connectivity index (χ3v) is 5.54. The molecule has 33 heavy (non-hydrogen) atoms. The van der Waals surface area contributed by atoms with Crippen molar-refractivity contribution in [3.63, 3.8) is 0 Å². The summed E-state index contributed by atoms with van der Waals surface area (Å²) < 4.78 is 33.0. The zero-order chi connectivity index (χ0) is 24.0. The number of nitrogens with one attached hydrogen (secondary N) is 1. The van der Waals surface area contributed by atoms with Gasteiger partial charge in [-0.3, -0.25) is 14.6 Å². The molecule has 2 aromatic rings. The molecule has 176 valence electrons. The lowest BCUT2D eigenvalue weighted by Gasteiger charge is -2.19. The molecule has 3 rings (SSSR count). The number of carbonyl (C=O) groups excluding carboxylic acids is 2. The first-order valence-electron chi connectivity index (χ1n) is 11.1. The van der Waals surface area contributed by atoms with Crippen LogP contribution in [-0.4, -0.2) is 53.4 Å². The van der Waals surface area contributed by atoms with Crippen molar-refractivity contribution in [3.05, 3.63) is 36.0 Å². The number of fused-ring (bicyclic) bond motifs is 1. The first kappa shape index (κ1) is 24.4. The number of carbonyl (C=O) groups is 2. The summed E-state index contributed by atoms with van der Waals surface area (Å²) in [5.41, 5.74) is 0.881. The molecular formula is C24H28F2N4O3. The second kappa shape index (κ2) is 10.6. The Morgan fingerprint density at radius 3 is 2.85 bits per heavy atom. The van der Waals surface area contributed by atoms with E-state index < -0.39 is 43.3 Å². The molecule has 1 saturated heterocycles. The van der Waals surface area contributed by atoms with Crippen LogP contribution in [0.2, 0.25) is 0 Å². The van der Waals surface area contributed by atoms with Crippen LogP contribution in [0.5, 0.6) is 5.75 Å². The van der Waals surface area contributed by atoms with Gasteiger partial charge in [0.25, 0.3) is 11.8 Å². The molecule has 2 amide bonds. The molecule has 2 heterocycles. The van der Waals surface area contributed by atoms with Crippen molar-refractivity contribution in [3.8, 4) is 11.8 Å². The van der Waals surface area contributed by atoms with Crippen LogP contribution >= 0.6 is 0 Å². The summed E-state index contributed by atoms with van der Waals surface area (Å²) in [5.74, 6) is -3.11. The Morgan fingerprint density at radius 1 is 1.33 bits per heavy atom. The molecule has 1 aromatic carbocycles. The highest BCUT2D eigenvalue weighted by molar-refractivity contribution is 6.07. The summed E-state index contributed by atoms with van der Waals surface area (Å²) in [6.07, 6.45) is 3.93. The molecule has 0 bridgehead atoms. The van der Waals surface area contributed by atoms with Gasteiger partial charge in [-0.2, -0.15) is 5.26 Å². The SMILES string of the molecule is CC(C)CCCCOc1ccc2nccc(C(=O)NCC(=O)N3CC(F)(F)CC3C#N)c2c1. The Morgan fingerprint density at radius 2 is 2.12 bits per heavy atom. The molecule has 1 unspecified atom stereocenters. The van der Waals surface area contributed by atoms with E-state index in [2.05, 4.69) is 24.1 Å². The molecular weight excluding hydrogens is 430 g/mol. The zero-order valence-electron chi connectivity index (χ0n) is 18.8. The van der Waals surface area contributed by atoms with Gasteiger partial charge in [0, 0.05) is 18.0 Å². The molecule has 1 atom stereocenters. The van der Waals surface area contributed by atoms with Gasteiger partial charge in [0.15, 0.2) is 0 Å². The Labute approximate surface area is 191 Å². The first-order valence-corrected chi connectivity index (χ1v) is 11.1. The Bertz CT molecular complexity index is 1050. The lowest BCUT2D eigenvalue weighted by atomic mass is 10.1. The average Bonchev–Trinajstić information content (AvgIpc) is 3.11. The standard InChI is InChI=1S/C24H28F2N4O3/c1-16(2)5-3-4-10-33-18-6-7-21-20(11-18)19(8-9-28-21)23(32)29-14-22(31)30-15-24(25,26)12-17(30)13-27/h6-9,11,16-17H,3-5,10,12,14-15H2,1-2H3,(H,29,32). The number of alkyl halides is 2. The second-order valence-electron chi connectivity index (χ2n) is 8.68. The summed E-state index contributed by atoms with van der Waals surface area (Å²) in [7, 11) is 0. The largest absolute Gasteiger partial charge is 0.494 e. The molecule has 1 fully saturated rings. The molecule has 0 radical (unpaired) electrons. The number of amides is 2. The van der Waals surface area contributed by atoms with Gasteiger partial charge in [-0.15, -0.1) is 0 Å². The van der Waals surface area contributed by atoms with Gasteiger partial charge >= 0.3 is 0 Å². The normalized spacial score (nSPS) is 17.2. The van der Waals surface area contributed by atoms with Gasteiger partial charge in [-0.05, 0) is 43.0 Å². The Hall–Kier alpha value is -3.28. The number of ether oxygens (including phenoxy) is 1. The first-order chi connectivity index (χ1) is 15.7. The Balaban J connectivity index is 1.64. The fraction of sp³-hybridized carbons (Fsp3) is 0.500. The van der Waals surface area contributed by atoms with E-state index in [0.717, 1.165) is 24.2 Å². The quantitative estimate of drug-likeness (QED) is 0.575. The van der Waals surface area contributed by atoms with Crippen molar-refractivity contribution in [2.75, 3.05) is 19.7 Å². The van der Waals surface area contributed by atoms with Crippen LogP contribution < -0.4 is 10.1 Å². The third kappa shape index (κ3) is 6.37. The monoisotopic (exact) mass is 458 g/mol. The minimum Gasteiger partial charge on any atom is -0.494 e. The summed E-state index contributed by atoms with van der Waals surface area (Å²) in [4.78, 5) is 30.2. The highest BCUT2D eigenvalue weighted by Crippen LogP contribution is 2.31. The molecule has 1 N–H and O–H groups in total. The van der Waals surface area contributed by atoms with E-state index >= 15 is 0 Å². The fourth-order valence-electron chi connectivity index (χ4n) is 3.80. The number of hydrogen-bond donors (Lipinski definition) is 1. The van der Waals surface area contributed by atoms with E-state index in [1.165, 1.54) is 12.3 Å². The van der Waals surface area contributed by atoms with E-state index in [-0.39, 0.29) is 0 Å². The number of nitrogens with zero attached hydrogens (tertiary/aromatic N) is 3. The maximum Gasteiger partial charge on any atom is 0.268 e. The predicted molar refractivity (Wildman–Crippen MR) is 119 cm³/mol. The number of likely N-dealkylation sites (tertiary alicyclic amines) is 1. The minimum atomic E-state index is -3.10. The summed E-state index contributed by atoms with van der Waals surface area (Å²) in [6, 6.07) is 7.32. The van der Waals surface area contributed by atoms with Gasteiger partial charge < -0.3 is 15.0 Å². The number of halogens is 2. The van der Waals surface area contributed by atoms with Gasteiger partial charge in [0.2, 0.25) is 5.91 Å². The van der Waals surface area contributed by atoms with Gasteiger partial charge in [-0.25, -0.2) is 8.78 Å². The van der Waals surface area contributed by atoms with Crippen LogP contribution in [0.1, 0.15) is 49.9 Å². The smallest absolute Gasteiger partial charge is 0.268 e. The van der Waals surface area contributed by atoms with E-state index in [4.69, 9.17) is 10.00 Å². The van der Waals surface area contributed by atoms with E-state index in [1.807, 2.05) is 0 Å². The molecule has 1 aromatic heterocycles. The summed E-state index contributed by atoms with van der Waals surface area (Å²) in [6.45, 7) is 3.62. The van der Waals surface area contributed by atoms with Crippen LogP contribution in [-0.2, 0) is 4.79 Å². The van der Waals surface area contributed by atoms with Gasteiger partial charge in [0.1, 0.15) is 11.8 Å². The number of hydrogen-bond acceptors (Lipinski definition) is 5. The maximum absolute atomic E-state index is 13.6. The van der Waals surface area contributed by atoms with Crippen LogP contribution in [0.4, 0.5) is 8.78 Å². The topological polar surface area (TPSA) is 95.3 Å². The summed E-state index contributed by atoms with van der Waals surface area (Å²) >= 11 is 0. The summed E-state index contributed by atoms with van der Waals surface area (Å²) in [5, 5.41) is 12.1. The van der Waals surface area contributed by atoms with Crippen molar-refractivity contribution in [1.82, 2.24) is 15.2 Å². The lowest BCUT2D eigenvalue weighted by molar-refractivity contribution is -0.131. The third-order valence-electron chi connectivity index (χ3n) is 5.54. The lowest BCUT2D eigenvalue weighted by Crippen LogP contribution is -2.43. The number of nitriles is 1. The van der Waals surface area contributed by atoms with E-state index in [9.17, 15) is 18.4 Å². The van der Waals surface area contributed by atoms with Crippen molar-refractivity contribution < 1.29 is 23.1 Å². The number of benzene rings is 1. The number of aromatic nitrogens is 1. The van der Waals surface area contributed by atoms with Crippen LogP contribution in [0.25, 0.3) is 10.9 Å². The molecule has 1 aliphatic rings. The minimum absolute atomic E-state index is 0.293. The average molecular weight is 459 g/mol. The van der Waals surface area contributed by atoms with Crippen molar-refractivity contribution in [2.24, 2.45) is 5.92 Å². The predicted octanol–water partition coefficient (Wildman–Crippen LogP) is 3.93. The zero-order valence-corrected chi connectivity index (χ0v) is 18.8. The van der Waals surface area contributed by atoms with E-state index in [1.54, 1.807) is 24.3 Å². The Kier molecular flexibility index (Phi) is 7.79. The van der Waals surface area contributed by atoms with Crippen LogP contribution in [0, 0.1) is 17.2 Å². The highest BCUT2D eigenvalue weighted by Gasteiger charge is 2.47. The van der Waals surface area contributed by atoms with Crippen molar-refractivity contribution in [2.45, 2.75) is 51.5 Å². The number of unbranched alkanes of at least 4 members (excludes halogenated alkanes) is 1. The van der Waals surface area contributed by atoms with Crippen molar-refractivity contribution >= 4 is 22.7 Å². The van der Waals surface area contributed by atoms with Gasteiger partial charge in [0.05, 0.1) is 36.8 Å². The molecule has 0 aliphatic carbocycles. The highest BCUT2D eigenvalue weighted by atomic mass is 19.3. The molecule has 7 nitrogen and oxygen atoms in total. The van der Waals surface area contributed by atoms with Crippen molar-refractivity contribution in [1.29, 1.82) is 5.26 Å². The van der Waals surface area contributed by atoms with E-state index in [0.29, 0.717) is 34.7 Å². The molecule has 1 aliphatic heterocycles. The second-order valence-corrected chi connectivity index (χ2v) is 8.68. The number of rotatable bonds is 9. The molecule has 0 spiro atoms. The van der Waals surface area contributed by atoms with Gasteiger partial charge in [-0.1, -0.05) is 20.3 Å². The maximum atomic E-state index is 13.6. The number of pyridine rings is 1. The fourth-order valence-corrected chi connectivity index (χ4v) is 3.80. The molecule has 9 heteroatoms. The van der Waals surface area contributed by atoms with Crippen LogP contribution in [0.3, 0.4) is 0 Å². The molecule has 0 saturated carbocycles. The van der Waals surface area contributed by atoms with Crippen LogP contribution in [0.15, 0.2) is 30.5 Å².